The Hall–Kier alpha value is -2.21. The molecule has 25 heavy (non-hydrogen) atoms. The summed E-state index contributed by atoms with van der Waals surface area (Å²) < 4.78 is 10.6. The second-order valence-electron chi connectivity index (χ2n) is 6.81. The molecule has 1 saturated heterocycles. The molecule has 0 bridgehead atoms. The number of ether oxygens (including phenoxy) is 1. The molecule has 2 atom stereocenters. The van der Waals surface area contributed by atoms with Gasteiger partial charge in [-0.3, -0.25) is 4.79 Å². The maximum Gasteiger partial charge on any atom is 0.223 e. The number of rotatable bonds is 5. The first-order valence-electron chi connectivity index (χ1n) is 8.78. The number of carbonyl (C=O) groups excluding carboxylic acids is 1. The van der Waals surface area contributed by atoms with Crippen LogP contribution in [-0.2, 0) is 9.53 Å². The number of aryl methyl sites for hydroxylation is 1. The van der Waals surface area contributed by atoms with E-state index in [1.54, 1.807) is 6.92 Å². The smallest absolute Gasteiger partial charge is 0.223 e. The van der Waals surface area contributed by atoms with Gasteiger partial charge in [0.15, 0.2) is 5.82 Å². The number of morpholine rings is 1. The van der Waals surface area contributed by atoms with Crippen molar-refractivity contribution < 1.29 is 14.1 Å². The number of aromatic nitrogens is 2. The molecule has 2 heterocycles. The zero-order chi connectivity index (χ0) is 17.8. The van der Waals surface area contributed by atoms with E-state index < -0.39 is 0 Å². The normalized spacial score (nSPS) is 19.2. The first-order chi connectivity index (χ1) is 12.1. The highest BCUT2D eigenvalue weighted by Gasteiger charge is 2.33. The maximum atomic E-state index is 13.1. The maximum absolute atomic E-state index is 13.1. The van der Waals surface area contributed by atoms with Gasteiger partial charge in [-0.1, -0.05) is 49.3 Å². The van der Waals surface area contributed by atoms with E-state index in [0.717, 1.165) is 0 Å². The van der Waals surface area contributed by atoms with Gasteiger partial charge in [-0.2, -0.15) is 4.98 Å². The van der Waals surface area contributed by atoms with E-state index in [9.17, 15) is 4.79 Å². The molecule has 134 valence electrons. The standard InChI is InChI=1S/C19H25N3O3/c1-13(2)16(15-7-5-4-6-8-15)11-18(23)22-9-10-24-12-17(22)19-20-14(3)25-21-19/h4-8,13,16-17H,9-12H2,1-3H3. The molecule has 1 aliphatic heterocycles. The van der Waals surface area contributed by atoms with Crippen LogP contribution < -0.4 is 0 Å². The molecule has 3 rings (SSSR count). The van der Waals surface area contributed by atoms with Crippen molar-refractivity contribution in [2.24, 2.45) is 5.92 Å². The average Bonchev–Trinajstić information content (AvgIpc) is 3.06. The SMILES string of the molecule is Cc1nc(C2COCCN2C(=O)CC(c2ccccc2)C(C)C)no1. The number of hydrogen-bond acceptors (Lipinski definition) is 5. The molecular weight excluding hydrogens is 318 g/mol. The van der Waals surface area contributed by atoms with Gasteiger partial charge >= 0.3 is 0 Å². The summed E-state index contributed by atoms with van der Waals surface area (Å²) in [6.45, 7) is 7.56. The van der Waals surface area contributed by atoms with Crippen molar-refractivity contribution in [3.63, 3.8) is 0 Å². The zero-order valence-corrected chi connectivity index (χ0v) is 15.0. The van der Waals surface area contributed by atoms with Crippen LogP contribution in [0.2, 0.25) is 0 Å². The predicted octanol–water partition coefficient (Wildman–Crippen LogP) is 3.11. The van der Waals surface area contributed by atoms with Crippen LogP contribution in [0.25, 0.3) is 0 Å². The van der Waals surface area contributed by atoms with E-state index in [0.29, 0.717) is 43.8 Å². The molecule has 1 fully saturated rings. The lowest BCUT2D eigenvalue weighted by Gasteiger charge is -2.35. The largest absolute Gasteiger partial charge is 0.377 e. The lowest BCUT2D eigenvalue weighted by molar-refractivity contribution is -0.141. The van der Waals surface area contributed by atoms with Crippen molar-refractivity contribution in [3.05, 3.63) is 47.6 Å². The summed E-state index contributed by atoms with van der Waals surface area (Å²) in [5.41, 5.74) is 1.20. The van der Waals surface area contributed by atoms with Gasteiger partial charge in [-0.05, 0) is 17.4 Å². The fourth-order valence-electron chi connectivity index (χ4n) is 3.31. The second-order valence-corrected chi connectivity index (χ2v) is 6.81. The second kappa shape index (κ2) is 7.78. The van der Waals surface area contributed by atoms with Gasteiger partial charge in [-0.15, -0.1) is 0 Å². The molecule has 2 aromatic rings. The summed E-state index contributed by atoms with van der Waals surface area (Å²) in [5.74, 6) is 1.68. The van der Waals surface area contributed by atoms with E-state index in [2.05, 4.69) is 36.1 Å². The molecule has 0 saturated carbocycles. The Bertz CT molecular complexity index is 699. The van der Waals surface area contributed by atoms with Crippen LogP contribution in [0.3, 0.4) is 0 Å². The third kappa shape index (κ3) is 4.07. The van der Waals surface area contributed by atoms with Crippen LogP contribution >= 0.6 is 0 Å². The van der Waals surface area contributed by atoms with Gasteiger partial charge in [0.2, 0.25) is 11.8 Å². The van der Waals surface area contributed by atoms with Crippen molar-refractivity contribution in [3.8, 4) is 0 Å². The average molecular weight is 343 g/mol. The van der Waals surface area contributed by atoms with Crippen LogP contribution in [0, 0.1) is 12.8 Å². The molecule has 0 radical (unpaired) electrons. The molecular formula is C19H25N3O3. The molecule has 2 unspecified atom stereocenters. The van der Waals surface area contributed by atoms with Gasteiger partial charge in [0.1, 0.15) is 6.04 Å². The van der Waals surface area contributed by atoms with Gasteiger partial charge in [0, 0.05) is 19.9 Å². The number of nitrogens with zero attached hydrogens (tertiary/aromatic N) is 3. The lowest BCUT2D eigenvalue weighted by atomic mass is 9.85. The van der Waals surface area contributed by atoms with E-state index in [1.165, 1.54) is 5.56 Å². The summed E-state index contributed by atoms with van der Waals surface area (Å²) in [7, 11) is 0. The first-order valence-corrected chi connectivity index (χ1v) is 8.78. The summed E-state index contributed by atoms with van der Waals surface area (Å²) in [6, 6.07) is 9.96. The monoisotopic (exact) mass is 343 g/mol. The summed E-state index contributed by atoms with van der Waals surface area (Å²) in [4.78, 5) is 19.2. The quantitative estimate of drug-likeness (QED) is 0.834. The third-order valence-corrected chi connectivity index (χ3v) is 4.72. The predicted molar refractivity (Wildman–Crippen MR) is 92.9 cm³/mol. The molecule has 1 aliphatic rings. The number of hydrogen-bond donors (Lipinski definition) is 0. The zero-order valence-electron chi connectivity index (χ0n) is 15.0. The summed E-state index contributed by atoms with van der Waals surface area (Å²) in [6.07, 6.45) is 0.467. The molecule has 1 aromatic heterocycles. The van der Waals surface area contributed by atoms with Crippen molar-refractivity contribution in [2.45, 2.75) is 39.2 Å². The minimum Gasteiger partial charge on any atom is -0.377 e. The molecule has 6 heteroatoms. The van der Waals surface area contributed by atoms with E-state index in [1.807, 2.05) is 23.1 Å². The highest BCUT2D eigenvalue weighted by Crippen LogP contribution is 2.31. The van der Waals surface area contributed by atoms with Crippen molar-refractivity contribution in [1.82, 2.24) is 15.0 Å². The first kappa shape index (κ1) is 17.6. The molecule has 0 N–H and O–H groups in total. The number of benzene rings is 1. The molecule has 0 spiro atoms. The minimum atomic E-state index is -0.276. The Morgan fingerprint density at radius 2 is 2.08 bits per heavy atom. The summed E-state index contributed by atoms with van der Waals surface area (Å²) >= 11 is 0. The third-order valence-electron chi connectivity index (χ3n) is 4.72. The lowest BCUT2D eigenvalue weighted by Crippen LogP contribution is -2.44. The van der Waals surface area contributed by atoms with Gasteiger partial charge in [0.05, 0.1) is 13.2 Å². The van der Waals surface area contributed by atoms with E-state index in [4.69, 9.17) is 9.26 Å². The van der Waals surface area contributed by atoms with Gasteiger partial charge in [-0.25, -0.2) is 0 Å². The fourth-order valence-corrected chi connectivity index (χ4v) is 3.31. The van der Waals surface area contributed by atoms with Crippen LogP contribution in [0.15, 0.2) is 34.9 Å². The van der Waals surface area contributed by atoms with Gasteiger partial charge < -0.3 is 14.2 Å². The number of carbonyl (C=O) groups is 1. The Labute approximate surface area is 148 Å². The molecule has 6 nitrogen and oxygen atoms in total. The highest BCUT2D eigenvalue weighted by molar-refractivity contribution is 5.77. The molecule has 1 aromatic carbocycles. The van der Waals surface area contributed by atoms with Crippen LogP contribution in [0.5, 0.6) is 0 Å². The number of amides is 1. The highest BCUT2D eigenvalue weighted by atomic mass is 16.5. The fraction of sp³-hybridized carbons (Fsp3) is 0.526. The van der Waals surface area contributed by atoms with Crippen LogP contribution in [-0.4, -0.2) is 40.7 Å². The van der Waals surface area contributed by atoms with Crippen molar-refractivity contribution in [2.75, 3.05) is 19.8 Å². The molecule has 1 amide bonds. The molecule has 0 aliphatic carbocycles. The Morgan fingerprint density at radius 1 is 1.32 bits per heavy atom. The van der Waals surface area contributed by atoms with E-state index >= 15 is 0 Å². The van der Waals surface area contributed by atoms with E-state index in [-0.39, 0.29) is 17.9 Å². The van der Waals surface area contributed by atoms with Crippen molar-refractivity contribution in [1.29, 1.82) is 0 Å². The van der Waals surface area contributed by atoms with Crippen molar-refractivity contribution >= 4 is 5.91 Å². The van der Waals surface area contributed by atoms with Gasteiger partial charge in [0.25, 0.3) is 0 Å². The Kier molecular flexibility index (Phi) is 5.48. The Morgan fingerprint density at radius 3 is 2.72 bits per heavy atom. The van der Waals surface area contributed by atoms with Crippen LogP contribution in [0.1, 0.15) is 49.5 Å². The topological polar surface area (TPSA) is 68.5 Å². The minimum absolute atomic E-state index is 0.110. The summed E-state index contributed by atoms with van der Waals surface area (Å²) in [5, 5.41) is 3.98. The Balaban J connectivity index is 1.77. The van der Waals surface area contributed by atoms with Crippen LogP contribution in [0.4, 0.5) is 0 Å².